The topological polar surface area (TPSA) is 128 Å². The Morgan fingerprint density at radius 1 is 0.912 bits per heavy atom. The minimum atomic E-state index is -3.95. The summed E-state index contributed by atoms with van der Waals surface area (Å²) in [4.78, 5) is 24.2. The first kappa shape index (κ1) is 44.7. The predicted molar refractivity (Wildman–Crippen MR) is 209 cm³/mol. The van der Waals surface area contributed by atoms with Gasteiger partial charge in [0.1, 0.15) is 17.3 Å². The fourth-order valence-corrected chi connectivity index (χ4v) is 7.79. The van der Waals surface area contributed by atoms with E-state index in [1.54, 1.807) is 21.1 Å². The van der Waals surface area contributed by atoms with Crippen LogP contribution in [0.1, 0.15) is 85.3 Å². The summed E-state index contributed by atoms with van der Waals surface area (Å²) >= 11 is 0. The number of methoxy groups -OCH3 is 2. The monoisotopic (exact) mass is 803 g/mol. The number of hydrogen-bond donors (Lipinski definition) is 3. The Morgan fingerprint density at radius 2 is 1.53 bits per heavy atom. The van der Waals surface area contributed by atoms with Gasteiger partial charge in [-0.05, 0) is 115 Å². The van der Waals surface area contributed by atoms with E-state index in [0.29, 0.717) is 36.4 Å². The number of ether oxygens (including phenoxy) is 2. The number of halogens is 6. The molecule has 310 valence electrons. The van der Waals surface area contributed by atoms with E-state index in [1.165, 1.54) is 13.0 Å². The standard InChI is InChI=1S/C31H35F2NO4.C8H9FN2O.C4H7F3/c1-37-26-17-21(19-34-15-13-30(14-16-34)11-12-31(32,33)20-30)18-27(38-2)29(26)25-8-4-6-23-22(9-10-28(35)36)5-3-7-24(23)25;1-4-2-5(10)3-6(9)7(4)8(11)12;1-2-3-4(5,6)7/h3-8,17-18H,9-16,19-20H2,1-2H3,(H,35,36);2-3H,10H2,1H3,(H2,11,12);2-3H2,1H3. The molecule has 2 aliphatic rings. The molecule has 1 aliphatic carbocycles. The van der Waals surface area contributed by atoms with Crippen molar-refractivity contribution in [3.63, 3.8) is 0 Å². The predicted octanol–water partition coefficient (Wildman–Crippen LogP) is 10.1. The molecule has 1 saturated carbocycles. The lowest BCUT2D eigenvalue weighted by Gasteiger charge is -2.39. The number of carbonyl (C=O) groups is 2. The summed E-state index contributed by atoms with van der Waals surface area (Å²) in [5.41, 5.74) is 14.6. The van der Waals surface area contributed by atoms with Crippen LogP contribution in [0.25, 0.3) is 21.9 Å². The Balaban J connectivity index is 0.000000312. The summed E-state index contributed by atoms with van der Waals surface area (Å²) < 4.78 is 85.7. The number of aliphatic carboxylic acids is 1. The molecule has 0 radical (unpaired) electrons. The van der Waals surface area contributed by atoms with E-state index in [0.717, 1.165) is 65.0 Å². The summed E-state index contributed by atoms with van der Waals surface area (Å²) in [7, 11) is 3.30. The first-order valence-electron chi connectivity index (χ1n) is 18.8. The molecular weight excluding hydrogens is 752 g/mol. The third-order valence-corrected chi connectivity index (χ3v) is 10.5. The third kappa shape index (κ3) is 12.0. The van der Waals surface area contributed by atoms with Gasteiger partial charge in [0.2, 0.25) is 5.92 Å². The number of carbonyl (C=O) groups excluding carboxylic acids is 1. The van der Waals surface area contributed by atoms with Gasteiger partial charge in [0.15, 0.2) is 0 Å². The average Bonchev–Trinajstić information content (AvgIpc) is 3.43. The van der Waals surface area contributed by atoms with Crippen molar-refractivity contribution in [3.8, 4) is 22.6 Å². The normalized spacial score (nSPS) is 16.0. The molecular formula is C43H51F6N3O5. The second kappa shape index (κ2) is 19.0. The SMILES string of the molecule is CCCC(F)(F)F.COc1cc(CN2CCC3(CC2)CCC(F)(F)C3)cc(OC)c1-c1cccc2c(CCC(=O)O)cccc12.Cc1cc(N)cc(F)c1C(N)=O. The molecule has 6 rings (SSSR count). The summed E-state index contributed by atoms with van der Waals surface area (Å²) in [6, 6.07) is 18.7. The lowest BCUT2D eigenvalue weighted by Crippen LogP contribution is -2.39. The molecule has 0 bridgehead atoms. The van der Waals surface area contributed by atoms with Crippen molar-refractivity contribution >= 4 is 28.3 Å². The van der Waals surface area contributed by atoms with Gasteiger partial charge in [0.05, 0.1) is 25.3 Å². The van der Waals surface area contributed by atoms with Gasteiger partial charge in [0.25, 0.3) is 5.91 Å². The Morgan fingerprint density at radius 3 is 2.02 bits per heavy atom. The zero-order chi connectivity index (χ0) is 42.1. The molecule has 8 nitrogen and oxygen atoms in total. The van der Waals surface area contributed by atoms with E-state index in [4.69, 9.17) is 26.0 Å². The number of alkyl halides is 5. The van der Waals surface area contributed by atoms with Gasteiger partial charge in [0, 0.05) is 37.9 Å². The number of nitrogens with two attached hydrogens (primary N) is 2. The number of aryl methyl sites for hydroxylation is 2. The van der Waals surface area contributed by atoms with Crippen LogP contribution in [0.2, 0.25) is 0 Å². The number of fused-ring (bicyclic) bond motifs is 1. The minimum Gasteiger partial charge on any atom is -0.496 e. The fraction of sp³-hybridized carbons (Fsp3) is 0.442. The highest BCUT2D eigenvalue weighted by Crippen LogP contribution is 2.53. The molecule has 57 heavy (non-hydrogen) atoms. The summed E-state index contributed by atoms with van der Waals surface area (Å²) in [6.45, 7) is 5.41. The van der Waals surface area contributed by atoms with Crippen LogP contribution < -0.4 is 20.9 Å². The van der Waals surface area contributed by atoms with E-state index in [-0.39, 0.29) is 42.3 Å². The fourth-order valence-electron chi connectivity index (χ4n) is 7.79. The second-order valence-electron chi connectivity index (χ2n) is 14.8. The third-order valence-electron chi connectivity index (χ3n) is 10.5. The molecule has 0 aromatic heterocycles. The van der Waals surface area contributed by atoms with Gasteiger partial charge in [-0.15, -0.1) is 0 Å². The molecule has 14 heteroatoms. The minimum absolute atomic E-state index is 0.0259. The first-order valence-corrected chi connectivity index (χ1v) is 18.8. The average molecular weight is 804 g/mol. The molecule has 0 unspecified atom stereocenters. The van der Waals surface area contributed by atoms with Crippen LogP contribution >= 0.6 is 0 Å². The zero-order valence-electron chi connectivity index (χ0n) is 32.7. The van der Waals surface area contributed by atoms with Gasteiger partial charge in [-0.3, -0.25) is 14.5 Å². The maximum atomic E-state index is 13.9. The quantitative estimate of drug-likeness (QED) is 0.108. The first-order chi connectivity index (χ1) is 26.8. The maximum Gasteiger partial charge on any atom is 0.389 e. The number of carboxylic acids is 1. The smallest absolute Gasteiger partial charge is 0.389 e. The van der Waals surface area contributed by atoms with Crippen LogP contribution in [0.4, 0.5) is 32.0 Å². The lowest BCUT2D eigenvalue weighted by molar-refractivity contribution is -0.137. The molecule has 5 N–H and O–H groups in total. The van der Waals surface area contributed by atoms with Crippen molar-refractivity contribution in [3.05, 3.63) is 88.7 Å². The Labute approximate surface area is 329 Å². The van der Waals surface area contributed by atoms with Crippen LogP contribution in [0.5, 0.6) is 11.5 Å². The number of nitrogen functional groups attached to an aromatic ring is 1. The molecule has 4 aromatic rings. The van der Waals surface area contributed by atoms with Crippen LogP contribution in [0, 0.1) is 18.2 Å². The second-order valence-corrected chi connectivity index (χ2v) is 14.8. The number of amides is 1. The zero-order valence-corrected chi connectivity index (χ0v) is 32.7. The Kier molecular flexibility index (Phi) is 14.9. The van der Waals surface area contributed by atoms with Gasteiger partial charge in [-0.25, -0.2) is 13.2 Å². The van der Waals surface area contributed by atoms with Gasteiger partial charge in [-0.1, -0.05) is 43.3 Å². The van der Waals surface area contributed by atoms with Crippen molar-refractivity contribution < 1.29 is 50.5 Å². The van der Waals surface area contributed by atoms with E-state index in [9.17, 15) is 35.9 Å². The van der Waals surface area contributed by atoms with Crippen LogP contribution in [0.3, 0.4) is 0 Å². The van der Waals surface area contributed by atoms with E-state index >= 15 is 0 Å². The maximum absolute atomic E-state index is 13.9. The van der Waals surface area contributed by atoms with Crippen molar-refractivity contribution in [2.45, 2.75) is 90.3 Å². The van der Waals surface area contributed by atoms with Crippen LogP contribution in [-0.2, 0) is 17.8 Å². The molecule has 1 heterocycles. The molecule has 2 fully saturated rings. The van der Waals surface area contributed by atoms with Crippen LogP contribution in [-0.4, -0.2) is 61.3 Å². The van der Waals surface area contributed by atoms with Crippen molar-refractivity contribution in [1.82, 2.24) is 4.90 Å². The van der Waals surface area contributed by atoms with Gasteiger partial charge in [-0.2, -0.15) is 13.2 Å². The van der Waals surface area contributed by atoms with Crippen molar-refractivity contribution in [2.75, 3.05) is 33.0 Å². The highest BCUT2D eigenvalue weighted by atomic mass is 19.4. The number of rotatable bonds is 10. The van der Waals surface area contributed by atoms with Crippen LogP contribution in [0.15, 0.2) is 60.7 Å². The van der Waals surface area contributed by atoms with E-state index < -0.39 is 36.2 Å². The molecule has 4 aromatic carbocycles. The molecule has 1 aliphatic heterocycles. The lowest BCUT2D eigenvalue weighted by atomic mass is 9.77. The highest BCUT2D eigenvalue weighted by Gasteiger charge is 2.50. The number of hydrogen-bond acceptors (Lipinski definition) is 6. The van der Waals surface area contributed by atoms with Gasteiger partial charge >= 0.3 is 12.1 Å². The van der Waals surface area contributed by atoms with E-state index in [1.807, 2.05) is 48.5 Å². The highest BCUT2D eigenvalue weighted by molar-refractivity contribution is 6.01. The summed E-state index contributed by atoms with van der Waals surface area (Å²) in [6.07, 6.45) is -1.57. The Bertz CT molecular complexity index is 1980. The number of anilines is 1. The van der Waals surface area contributed by atoms with Gasteiger partial charge < -0.3 is 26.0 Å². The molecule has 1 saturated heterocycles. The van der Waals surface area contributed by atoms with Crippen molar-refractivity contribution in [1.29, 1.82) is 0 Å². The Hall–Kier alpha value is -4.98. The number of benzene rings is 4. The summed E-state index contributed by atoms with van der Waals surface area (Å²) in [5.74, 6) is -3.36. The molecule has 1 amide bonds. The molecule has 1 spiro atoms. The van der Waals surface area contributed by atoms with E-state index in [2.05, 4.69) is 4.90 Å². The number of nitrogens with zero attached hydrogens (tertiary/aromatic N) is 1. The number of primary amides is 1. The number of piperidine rings is 1. The number of likely N-dealkylation sites (tertiary alicyclic amines) is 1. The number of carboxylic acid groups (broad SMARTS) is 1. The van der Waals surface area contributed by atoms with Crippen molar-refractivity contribution in [2.24, 2.45) is 11.1 Å². The molecule has 0 atom stereocenters. The summed E-state index contributed by atoms with van der Waals surface area (Å²) in [5, 5.41) is 11.2. The largest absolute Gasteiger partial charge is 0.496 e.